The molecular formula is C9H19NO2. The second-order valence-electron chi connectivity index (χ2n) is 4.18. The van der Waals surface area contributed by atoms with Gasteiger partial charge in [0, 0.05) is 0 Å². The fourth-order valence-electron chi connectivity index (χ4n) is 0.561. The molecule has 0 bridgehead atoms. The molecule has 3 heteroatoms. The molecule has 0 unspecified atom stereocenters. The molecule has 1 atom stereocenters. The van der Waals surface area contributed by atoms with Gasteiger partial charge in [0.25, 0.3) is 0 Å². The number of rotatable bonds is 3. The Bertz CT molecular complexity index is 149. The van der Waals surface area contributed by atoms with Crippen LogP contribution in [0.3, 0.4) is 0 Å². The molecule has 0 radical (unpaired) electrons. The van der Waals surface area contributed by atoms with E-state index in [9.17, 15) is 4.79 Å². The van der Waals surface area contributed by atoms with Crippen LogP contribution in [0, 0.1) is 5.41 Å². The summed E-state index contributed by atoms with van der Waals surface area (Å²) in [6, 6.07) is -0.465. The molecule has 0 aromatic carbocycles. The molecule has 0 aliphatic rings. The molecule has 0 spiro atoms. The van der Waals surface area contributed by atoms with E-state index in [1.807, 2.05) is 27.7 Å². The number of carbonyl (C=O) groups excluding carboxylic acids is 1. The second kappa shape index (κ2) is 4.45. The maximum absolute atomic E-state index is 11.1. The summed E-state index contributed by atoms with van der Waals surface area (Å²) >= 11 is 0. The lowest BCUT2D eigenvalue weighted by Crippen LogP contribution is -2.33. The topological polar surface area (TPSA) is 52.3 Å². The van der Waals surface area contributed by atoms with Crippen molar-refractivity contribution >= 4 is 5.97 Å². The Hall–Kier alpha value is -0.570. The van der Waals surface area contributed by atoms with Gasteiger partial charge in [0.2, 0.25) is 0 Å². The normalized spacial score (nSPS) is 14.1. The maximum atomic E-state index is 11.1. The fourth-order valence-corrected chi connectivity index (χ4v) is 0.561. The minimum absolute atomic E-state index is 0.0170. The predicted octanol–water partition coefficient (Wildman–Crippen LogP) is 1.31. The SMILES string of the molecule is CC[C@H](N)C(=O)OCC(C)(C)C. The third-order valence-electron chi connectivity index (χ3n) is 1.39. The van der Waals surface area contributed by atoms with Crippen LogP contribution in [0.15, 0.2) is 0 Å². The standard InChI is InChI=1S/C9H19NO2/c1-5-7(10)8(11)12-6-9(2,3)4/h7H,5-6,10H2,1-4H3/t7-/m0/s1. The van der Waals surface area contributed by atoms with Gasteiger partial charge in [-0.3, -0.25) is 4.79 Å². The van der Waals surface area contributed by atoms with Crippen LogP contribution in [0.1, 0.15) is 34.1 Å². The van der Waals surface area contributed by atoms with Gasteiger partial charge in [-0.1, -0.05) is 27.7 Å². The molecule has 12 heavy (non-hydrogen) atoms. The predicted molar refractivity (Wildman–Crippen MR) is 48.7 cm³/mol. The number of esters is 1. The number of ether oxygens (including phenoxy) is 1. The van der Waals surface area contributed by atoms with Crippen molar-refractivity contribution in [1.29, 1.82) is 0 Å². The summed E-state index contributed by atoms with van der Waals surface area (Å²) in [6.45, 7) is 8.33. The zero-order valence-electron chi connectivity index (χ0n) is 8.39. The monoisotopic (exact) mass is 173 g/mol. The molecule has 72 valence electrons. The van der Waals surface area contributed by atoms with Gasteiger partial charge in [-0.2, -0.15) is 0 Å². The van der Waals surface area contributed by atoms with Crippen molar-refractivity contribution < 1.29 is 9.53 Å². The molecule has 0 heterocycles. The summed E-state index contributed by atoms with van der Waals surface area (Å²) in [6.07, 6.45) is 0.628. The van der Waals surface area contributed by atoms with Gasteiger partial charge in [0.1, 0.15) is 6.04 Å². The summed E-state index contributed by atoms with van der Waals surface area (Å²) in [5.74, 6) is -0.299. The minimum atomic E-state index is -0.465. The maximum Gasteiger partial charge on any atom is 0.322 e. The highest BCUT2D eigenvalue weighted by molar-refractivity contribution is 5.75. The van der Waals surface area contributed by atoms with E-state index in [1.165, 1.54) is 0 Å². The highest BCUT2D eigenvalue weighted by Crippen LogP contribution is 2.13. The Morgan fingerprint density at radius 2 is 2.00 bits per heavy atom. The van der Waals surface area contributed by atoms with Gasteiger partial charge < -0.3 is 10.5 Å². The Morgan fingerprint density at radius 3 is 2.33 bits per heavy atom. The van der Waals surface area contributed by atoms with E-state index in [1.54, 1.807) is 0 Å². The molecule has 3 nitrogen and oxygen atoms in total. The first-order chi connectivity index (χ1) is 5.37. The molecule has 0 amide bonds. The summed E-state index contributed by atoms with van der Waals surface area (Å²) in [7, 11) is 0. The Balaban J connectivity index is 3.72. The molecule has 0 aliphatic heterocycles. The van der Waals surface area contributed by atoms with Crippen LogP contribution in [0.2, 0.25) is 0 Å². The van der Waals surface area contributed by atoms with Gasteiger partial charge in [-0.25, -0.2) is 0 Å². The molecule has 0 rings (SSSR count). The average molecular weight is 173 g/mol. The third-order valence-corrected chi connectivity index (χ3v) is 1.39. The summed E-state index contributed by atoms with van der Waals surface area (Å²) in [5, 5.41) is 0. The number of nitrogens with two attached hydrogens (primary N) is 1. The minimum Gasteiger partial charge on any atom is -0.464 e. The van der Waals surface area contributed by atoms with Crippen molar-refractivity contribution in [2.45, 2.75) is 40.2 Å². The Morgan fingerprint density at radius 1 is 1.50 bits per heavy atom. The molecule has 0 aromatic heterocycles. The molecule has 0 saturated heterocycles. The van der Waals surface area contributed by atoms with Gasteiger partial charge in [0.15, 0.2) is 0 Å². The largest absolute Gasteiger partial charge is 0.464 e. The van der Waals surface area contributed by atoms with Gasteiger partial charge in [0.05, 0.1) is 6.61 Å². The molecular weight excluding hydrogens is 154 g/mol. The van der Waals surface area contributed by atoms with Crippen LogP contribution in [0.25, 0.3) is 0 Å². The molecule has 2 N–H and O–H groups in total. The lowest BCUT2D eigenvalue weighted by atomic mass is 9.99. The zero-order valence-corrected chi connectivity index (χ0v) is 8.39. The van der Waals surface area contributed by atoms with Crippen molar-refractivity contribution in [2.75, 3.05) is 6.61 Å². The lowest BCUT2D eigenvalue weighted by Gasteiger charge is -2.19. The average Bonchev–Trinajstić information content (AvgIpc) is 1.97. The van der Waals surface area contributed by atoms with E-state index in [0.717, 1.165) is 0 Å². The third kappa shape index (κ3) is 5.13. The first-order valence-corrected chi connectivity index (χ1v) is 4.29. The first-order valence-electron chi connectivity index (χ1n) is 4.29. The number of hydrogen-bond acceptors (Lipinski definition) is 3. The van der Waals surface area contributed by atoms with Crippen molar-refractivity contribution in [3.63, 3.8) is 0 Å². The van der Waals surface area contributed by atoms with Crippen molar-refractivity contribution in [2.24, 2.45) is 11.1 Å². The molecule has 0 fully saturated rings. The van der Waals surface area contributed by atoms with E-state index in [2.05, 4.69) is 0 Å². The Labute approximate surface area is 74.3 Å². The van der Waals surface area contributed by atoms with E-state index < -0.39 is 6.04 Å². The highest BCUT2D eigenvalue weighted by atomic mass is 16.5. The quantitative estimate of drug-likeness (QED) is 0.655. The van der Waals surface area contributed by atoms with Crippen LogP contribution >= 0.6 is 0 Å². The summed E-state index contributed by atoms with van der Waals surface area (Å²) in [5.41, 5.74) is 5.49. The van der Waals surface area contributed by atoms with Gasteiger partial charge in [-0.05, 0) is 11.8 Å². The van der Waals surface area contributed by atoms with Crippen LogP contribution in [-0.4, -0.2) is 18.6 Å². The van der Waals surface area contributed by atoms with Crippen LogP contribution in [-0.2, 0) is 9.53 Å². The first kappa shape index (κ1) is 11.4. The fraction of sp³-hybridized carbons (Fsp3) is 0.889. The summed E-state index contributed by atoms with van der Waals surface area (Å²) in [4.78, 5) is 11.1. The number of hydrogen-bond donors (Lipinski definition) is 1. The van der Waals surface area contributed by atoms with Crippen LogP contribution in [0.5, 0.6) is 0 Å². The zero-order chi connectivity index (χ0) is 9.78. The van der Waals surface area contributed by atoms with Crippen molar-refractivity contribution in [3.05, 3.63) is 0 Å². The molecule has 0 saturated carbocycles. The van der Waals surface area contributed by atoms with Crippen molar-refractivity contribution in [1.82, 2.24) is 0 Å². The van der Waals surface area contributed by atoms with E-state index in [0.29, 0.717) is 13.0 Å². The molecule has 0 aliphatic carbocycles. The number of carbonyl (C=O) groups is 1. The Kier molecular flexibility index (Phi) is 4.24. The lowest BCUT2D eigenvalue weighted by molar-refractivity contribution is -0.148. The smallest absolute Gasteiger partial charge is 0.322 e. The molecule has 0 aromatic rings. The van der Waals surface area contributed by atoms with E-state index in [4.69, 9.17) is 10.5 Å². The van der Waals surface area contributed by atoms with Gasteiger partial charge >= 0.3 is 5.97 Å². The summed E-state index contributed by atoms with van der Waals surface area (Å²) < 4.78 is 5.00. The second-order valence-corrected chi connectivity index (χ2v) is 4.18. The van der Waals surface area contributed by atoms with E-state index in [-0.39, 0.29) is 11.4 Å². The van der Waals surface area contributed by atoms with Gasteiger partial charge in [-0.15, -0.1) is 0 Å². The van der Waals surface area contributed by atoms with E-state index >= 15 is 0 Å². The van der Waals surface area contributed by atoms with Crippen LogP contribution < -0.4 is 5.73 Å². The highest BCUT2D eigenvalue weighted by Gasteiger charge is 2.17. The van der Waals surface area contributed by atoms with Crippen LogP contribution in [0.4, 0.5) is 0 Å². The van der Waals surface area contributed by atoms with Crippen molar-refractivity contribution in [3.8, 4) is 0 Å².